The van der Waals surface area contributed by atoms with Crippen LogP contribution < -0.4 is 5.32 Å². The van der Waals surface area contributed by atoms with Gasteiger partial charge in [0.25, 0.3) is 0 Å². The van der Waals surface area contributed by atoms with Gasteiger partial charge in [0, 0.05) is 53.3 Å². The number of halogens is 1. The van der Waals surface area contributed by atoms with Crippen molar-refractivity contribution in [2.75, 3.05) is 5.32 Å². The minimum Gasteiger partial charge on any atom is -0.335 e. The fourth-order valence-corrected chi connectivity index (χ4v) is 4.57. The van der Waals surface area contributed by atoms with Crippen LogP contribution in [0.4, 0.5) is 10.1 Å². The lowest BCUT2D eigenvalue weighted by molar-refractivity contribution is -0.117. The number of carbonyl (C=O) groups is 1. The maximum atomic E-state index is 15.2. The lowest BCUT2D eigenvalue weighted by atomic mass is 9.92. The summed E-state index contributed by atoms with van der Waals surface area (Å²) in [5.41, 5.74) is 5.45. The molecule has 39 heavy (non-hydrogen) atoms. The number of H-pyrrole nitrogens is 2. The quantitative estimate of drug-likeness (QED) is 0.251. The minimum atomic E-state index is -0.488. The first kappa shape index (κ1) is 24.4. The molecule has 194 valence electrons. The average molecular weight is 521 g/mol. The molecule has 10 heteroatoms. The Morgan fingerprint density at radius 2 is 1.85 bits per heavy atom. The molecule has 5 heterocycles. The Hall–Kier alpha value is -4.99. The first-order valence-electron chi connectivity index (χ1n) is 12.4. The van der Waals surface area contributed by atoms with Gasteiger partial charge in [0.15, 0.2) is 17.3 Å². The van der Waals surface area contributed by atoms with Crippen molar-refractivity contribution in [1.82, 2.24) is 35.1 Å². The standard InChI is InChI=1S/C29H25FN8O/c1-29(2,3)12-23(39)34-19-9-18(14-32-15-19)17-10-21-24(22(30)11-17)37-38-26(21)28-35-25-20(6-8-33-27(25)36-28)16-5-4-7-31-13-16/h4-11,13-15H,12H2,1-3H3,(H,34,39)(H,37,38)(H,33,35,36). The number of anilines is 1. The number of hydrogen-bond acceptors (Lipinski definition) is 6. The molecule has 0 saturated heterocycles. The van der Waals surface area contributed by atoms with Crippen LogP contribution in [0.2, 0.25) is 0 Å². The molecule has 1 amide bonds. The van der Waals surface area contributed by atoms with E-state index in [-0.39, 0.29) is 16.8 Å². The fraction of sp³-hybridized carbons (Fsp3) is 0.172. The fourth-order valence-electron chi connectivity index (χ4n) is 4.57. The third-order valence-electron chi connectivity index (χ3n) is 6.26. The average Bonchev–Trinajstić information content (AvgIpc) is 3.52. The van der Waals surface area contributed by atoms with Gasteiger partial charge in [-0.05, 0) is 41.3 Å². The highest BCUT2D eigenvalue weighted by atomic mass is 19.1. The van der Waals surface area contributed by atoms with Crippen LogP contribution in [0.3, 0.4) is 0 Å². The van der Waals surface area contributed by atoms with Crippen LogP contribution in [-0.4, -0.2) is 41.0 Å². The smallest absolute Gasteiger partial charge is 0.224 e. The molecule has 0 unspecified atom stereocenters. The molecular weight excluding hydrogens is 495 g/mol. The first-order valence-corrected chi connectivity index (χ1v) is 12.4. The summed E-state index contributed by atoms with van der Waals surface area (Å²) < 4.78 is 15.2. The van der Waals surface area contributed by atoms with Crippen molar-refractivity contribution in [2.24, 2.45) is 5.41 Å². The minimum absolute atomic E-state index is 0.107. The van der Waals surface area contributed by atoms with Crippen LogP contribution in [0.25, 0.3) is 55.8 Å². The number of aromatic nitrogens is 7. The Bertz CT molecular complexity index is 1840. The number of rotatable bonds is 5. The number of carbonyl (C=O) groups excluding carboxylic acids is 1. The maximum absolute atomic E-state index is 15.2. The van der Waals surface area contributed by atoms with Crippen LogP contribution in [0.15, 0.2) is 67.4 Å². The predicted octanol–water partition coefficient (Wildman–Crippen LogP) is 6.14. The lowest BCUT2D eigenvalue weighted by Crippen LogP contribution is -2.19. The highest BCUT2D eigenvalue weighted by Crippen LogP contribution is 2.34. The molecule has 5 aromatic heterocycles. The Balaban J connectivity index is 1.40. The van der Waals surface area contributed by atoms with Gasteiger partial charge in [-0.25, -0.2) is 14.4 Å². The van der Waals surface area contributed by atoms with Crippen LogP contribution in [-0.2, 0) is 4.79 Å². The lowest BCUT2D eigenvalue weighted by Gasteiger charge is -2.17. The molecule has 0 spiro atoms. The van der Waals surface area contributed by atoms with E-state index in [1.54, 1.807) is 37.1 Å². The molecule has 6 aromatic rings. The molecule has 0 aliphatic heterocycles. The number of aromatic amines is 2. The molecule has 0 saturated carbocycles. The van der Waals surface area contributed by atoms with Gasteiger partial charge < -0.3 is 10.3 Å². The van der Waals surface area contributed by atoms with Gasteiger partial charge in [0.05, 0.1) is 17.4 Å². The van der Waals surface area contributed by atoms with Gasteiger partial charge in [-0.2, -0.15) is 5.10 Å². The molecular formula is C29H25FN8O. The Morgan fingerprint density at radius 1 is 1.00 bits per heavy atom. The third-order valence-corrected chi connectivity index (χ3v) is 6.26. The van der Waals surface area contributed by atoms with Crippen molar-refractivity contribution in [2.45, 2.75) is 27.2 Å². The van der Waals surface area contributed by atoms with E-state index in [0.29, 0.717) is 45.8 Å². The van der Waals surface area contributed by atoms with Crippen molar-refractivity contribution in [1.29, 1.82) is 0 Å². The summed E-state index contributed by atoms with van der Waals surface area (Å²) in [6, 6.07) is 10.7. The first-order chi connectivity index (χ1) is 18.7. The highest BCUT2D eigenvalue weighted by Gasteiger charge is 2.19. The topological polar surface area (TPSA) is 125 Å². The number of fused-ring (bicyclic) bond motifs is 2. The zero-order chi connectivity index (χ0) is 27.1. The number of pyridine rings is 3. The van der Waals surface area contributed by atoms with E-state index in [1.165, 1.54) is 6.07 Å². The normalized spacial score (nSPS) is 11.8. The van der Waals surface area contributed by atoms with Crippen molar-refractivity contribution >= 4 is 33.7 Å². The summed E-state index contributed by atoms with van der Waals surface area (Å²) >= 11 is 0. The number of benzene rings is 1. The van der Waals surface area contributed by atoms with E-state index in [9.17, 15) is 4.79 Å². The molecule has 0 aliphatic rings. The van der Waals surface area contributed by atoms with Gasteiger partial charge in [0.1, 0.15) is 11.2 Å². The van der Waals surface area contributed by atoms with E-state index in [4.69, 9.17) is 0 Å². The molecule has 1 aromatic carbocycles. The number of amides is 1. The summed E-state index contributed by atoms with van der Waals surface area (Å²) in [4.78, 5) is 33.3. The number of hydrogen-bond donors (Lipinski definition) is 3. The van der Waals surface area contributed by atoms with Crippen LogP contribution in [0.1, 0.15) is 27.2 Å². The Labute approximate surface area is 223 Å². The number of nitrogens with one attached hydrogen (secondary N) is 3. The maximum Gasteiger partial charge on any atom is 0.224 e. The van der Waals surface area contributed by atoms with Crippen molar-refractivity contribution < 1.29 is 9.18 Å². The number of imidazole rings is 1. The van der Waals surface area contributed by atoms with Gasteiger partial charge in [0.2, 0.25) is 5.91 Å². The molecule has 6 rings (SSSR count). The van der Waals surface area contributed by atoms with E-state index in [0.717, 1.165) is 16.6 Å². The van der Waals surface area contributed by atoms with Crippen molar-refractivity contribution in [3.8, 4) is 33.8 Å². The zero-order valence-corrected chi connectivity index (χ0v) is 21.6. The van der Waals surface area contributed by atoms with Gasteiger partial charge >= 0.3 is 0 Å². The Morgan fingerprint density at radius 3 is 2.64 bits per heavy atom. The highest BCUT2D eigenvalue weighted by molar-refractivity contribution is 5.98. The van der Waals surface area contributed by atoms with E-state index < -0.39 is 5.82 Å². The summed E-state index contributed by atoms with van der Waals surface area (Å²) in [5, 5.41) is 10.6. The summed E-state index contributed by atoms with van der Waals surface area (Å²) in [7, 11) is 0. The van der Waals surface area contributed by atoms with Gasteiger partial charge in [-0.1, -0.05) is 26.8 Å². The van der Waals surface area contributed by atoms with Crippen LogP contribution in [0.5, 0.6) is 0 Å². The molecule has 0 atom stereocenters. The molecule has 0 bridgehead atoms. The molecule has 0 fully saturated rings. The van der Waals surface area contributed by atoms with Gasteiger partial charge in [-0.15, -0.1) is 0 Å². The Kier molecular flexibility index (Phi) is 5.86. The summed E-state index contributed by atoms with van der Waals surface area (Å²) in [6.07, 6.45) is 8.75. The molecule has 0 radical (unpaired) electrons. The SMILES string of the molecule is CC(C)(C)CC(=O)Nc1cncc(-c2cc(F)c3n[nH]c(-c4nc5nccc(-c6cccnc6)c5[nH]4)c3c2)c1. The second-order valence-corrected chi connectivity index (χ2v) is 10.6. The second-order valence-electron chi connectivity index (χ2n) is 10.6. The number of nitrogens with zero attached hydrogens (tertiary/aromatic N) is 5. The zero-order valence-electron chi connectivity index (χ0n) is 21.6. The van der Waals surface area contributed by atoms with Crippen molar-refractivity contribution in [3.05, 3.63) is 73.2 Å². The molecule has 3 N–H and O–H groups in total. The largest absolute Gasteiger partial charge is 0.335 e. The monoisotopic (exact) mass is 520 g/mol. The summed E-state index contributed by atoms with van der Waals surface area (Å²) in [6.45, 7) is 6.00. The summed E-state index contributed by atoms with van der Waals surface area (Å²) in [5.74, 6) is -0.115. The van der Waals surface area contributed by atoms with E-state index in [1.807, 2.05) is 45.0 Å². The predicted molar refractivity (Wildman–Crippen MR) is 148 cm³/mol. The second kappa shape index (κ2) is 9.39. The van der Waals surface area contributed by atoms with Crippen LogP contribution in [0, 0.1) is 11.2 Å². The molecule has 0 aliphatic carbocycles. The van der Waals surface area contributed by atoms with E-state index >= 15 is 4.39 Å². The van der Waals surface area contributed by atoms with Gasteiger partial charge in [-0.3, -0.25) is 19.9 Å². The molecule has 9 nitrogen and oxygen atoms in total. The van der Waals surface area contributed by atoms with Crippen LogP contribution >= 0.6 is 0 Å². The third kappa shape index (κ3) is 4.84. The van der Waals surface area contributed by atoms with E-state index in [2.05, 4.69) is 40.4 Å². The van der Waals surface area contributed by atoms with Crippen molar-refractivity contribution in [3.63, 3.8) is 0 Å².